The summed E-state index contributed by atoms with van der Waals surface area (Å²) < 4.78 is 11.4. The van der Waals surface area contributed by atoms with E-state index < -0.39 is 17.4 Å². The van der Waals surface area contributed by atoms with Crippen molar-refractivity contribution in [1.82, 2.24) is 0 Å². The smallest absolute Gasteiger partial charge is 0.330 e. The van der Waals surface area contributed by atoms with Crippen LogP contribution in [0.15, 0.2) is 116 Å². The molecular formula is C44H40O4. The van der Waals surface area contributed by atoms with Gasteiger partial charge in [-0.15, -0.1) is 0 Å². The molecule has 0 aliphatic heterocycles. The monoisotopic (exact) mass is 632 g/mol. The number of carbonyl (C=O) groups is 2. The van der Waals surface area contributed by atoms with Gasteiger partial charge in [0.2, 0.25) is 0 Å². The minimum atomic E-state index is -0.647. The lowest BCUT2D eigenvalue weighted by Crippen LogP contribution is -2.34. The van der Waals surface area contributed by atoms with Crippen LogP contribution in [0.2, 0.25) is 0 Å². The zero-order valence-electron chi connectivity index (χ0n) is 27.8. The van der Waals surface area contributed by atoms with E-state index in [1.165, 1.54) is 50.0 Å². The van der Waals surface area contributed by atoms with E-state index in [1.807, 2.05) is 19.1 Å². The van der Waals surface area contributed by atoms with Gasteiger partial charge in [-0.25, -0.2) is 9.59 Å². The summed E-state index contributed by atoms with van der Waals surface area (Å²) in [5.41, 5.74) is 7.43. The number of carbonyl (C=O) groups excluding carboxylic acids is 2. The highest BCUT2D eigenvalue weighted by Gasteiger charge is 2.44. The van der Waals surface area contributed by atoms with Gasteiger partial charge in [-0.1, -0.05) is 112 Å². The normalized spacial score (nSPS) is 15.8. The van der Waals surface area contributed by atoms with Crippen molar-refractivity contribution in [2.45, 2.75) is 51.6 Å². The number of benzene rings is 6. The molecule has 7 rings (SSSR count). The van der Waals surface area contributed by atoms with Crippen molar-refractivity contribution in [2.24, 2.45) is 5.92 Å². The minimum absolute atomic E-state index is 0.143. The van der Waals surface area contributed by atoms with E-state index in [0.29, 0.717) is 18.8 Å². The van der Waals surface area contributed by atoms with Crippen LogP contribution in [0.25, 0.3) is 54.6 Å². The molecule has 0 fully saturated rings. The van der Waals surface area contributed by atoms with Gasteiger partial charge in [-0.05, 0) is 109 Å². The number of hydrogen-bond acceptors (Lipinski definition) is 4. The van der Waals surface area contributed by atoms with Crippen LogP contribution >= 0.6 is 0 Å². The molecule has 2 atom stereocenters. The quantitative estimate of drug-likeness (QED) is 0.0810. The molecule has 0 aromatic heterocycles. The molecule has 6 aromatic carbocycles. The minimum Gasteiger partial charge on any atom is -0.461 e. The highest BCUT2D eigenvalue weighted by molar-refractivity contribution is 6.25. The molecule has 4 heteroatoms. The molecule has 0 amide bonds. The zero-order valence-corrected chi connectivity index (χ0v) is 27.8. The van der Waals surface area contributed by atoms with Crippen LogP contribution in [0.3, 0.4) is 0 Å². The fourth-order valence-electron chi connectivity index (χ4n) is 7.85. The first-order chi connectivity index (χ1) is 23.2. The lowest BCUT2D eigenvalue weighted by Gasteiger charge is -2.33. The molecule has 6 aromatic rings. The SMILES string of the molecule is C=CC(=O)OCC1(CCC(C)OC(=O)C=C)c2ccccc2-c2ccc(-c3ccc4ccc5cc(CC(C)C)cc6ccc3c4c56)cc21. The third-order valence-corrected chi connectivity index (χ3v) is 9.97. The highest BCUT2D eigenvalue weighted by Crippen LogP contribution is 2.53. The maximum absolute atomic E-state index is 12.5. The van der Waals surface area contributed by atoms with E-state index in [2.05, 4.69) is 106 Å². The molecule has 0 heterocycles. The van der Waals surface area contributed by atoms with Crippen molar-refractivity contribution in [3.8, 4) is 22.3 Å². The molecule has 240 valence electrons. The van der Waals surface area contributed by atoms with Gasteiger partial charge in [0.25, 0.3) is 0 Å². The maximum atomic E-state index is 12.5. The molecule has 0 saturated carbocycles. The summed E-state index contributed by atoms with van der Waals surface area (Å²) in [7, 11) is 0. The predicted octanol–water partition coefficient (Wildman–Crippen LogP) is 10.3. The van der Waals surface area contributed by atoms with E-state index in [4.69, 9.17) is 9.47 Å². The summed E-state index contributed by atoms with van der Waals surface area (Å²) in [6.07, 6.45) is 4.27. The van der Waals surface area contributed by atoms with Gasteiger partial charge in [0.15, 0.2) is 0 Å². The van der Waals surface area contributed by atoms with Crippen LogP contribution in [0, 0.1) is 5.92 Å². The molecule has 2 unspecified atom stereocenters. The Labute approximate surface area is 282 Å². The Morgan fingerprint density at radius 3 is 2.15 bits per heavy atom. The van der Waals surface area contributed by atoms with Crippen LogP contribution < -0.4 is 0 Å². The fraction of sp³-hybridized carbons (Fsp3) is 0.227. The van der Waals surface area contributed by atoms with E-state index >= 15 is 0 Å². The van der Waals surface area contributed by atoms with Gasteiger partial charge in [-0.2, -0.15) is 0 Å². The Bertz CT molecular complexity index is 2200. The van der Waals surface area contributed by atoms with Crippen molar-refractivity contribution in [3.05, 3.63) is 133 Å². The van der Waals surface area contributed by atoms with Crippen molar-refractivity contribution < 1.29 is 19.1 Å². The van der Waals surface area contributed by atoms with Crippen LogP contribution in [0.5, 0.6) is 0 Å². The van der Waals surface area contributed by atoms with Crippen LogP contribution in [0.1, 0.15) is 50.3 Å². The van der Waals surface area contributed by atoms with Crippen molar-refractivity contribution in [3.63, 3.8) is 0 Å². The van der Waals surface area contributed by atoms with E-state index in [0.717, 1.165) is 39.8 Å². The van der Waals surface area contributed by atoms with E-state index in [1.54, 1.807) is 0 Å². The number of ether oxygens (including phenoxy) is 2. The van der Waals surface area contributed by atoms with Crippen molar-refractivity contribution >= 4 is 44.3 Å². The molecule has 1 aliphatic rings. The zero-order chi connectivity index (χ0) is 33.6. The lowest BCUT2D eigenvalue weighted by molar-refractivity contribution is -0.142. The molecule has 4 nitrogen and oxygen atoms in total. The number of rotatable bonds is 11. The highest BCUT2D eigenvalue weighted by atomic mass is 16.5. The van der Waals surface area contributed by atoms with Gasteiger partial charge < -0.3 is 9.47 Å². The number of hydrogen-bond donors (Lipinski definition) is 0. The van der Waals surface area contributed by atoms with Crippen LogP contribution in [0.4, 0.5) is 0 Å². The second-order valence-corrected chi connectivity index (χ2v) is 13.6. The predicted molar refractivity (Wildman–Crippen MR) is 196 cm³/mol. The second-order valence-electron chi connectivity index (χ2n) is 13.6. The second kappa shape index (κ2) is 12.4. The Hall–Kier alpha value is -5.22. The third kappa shape index (κ3) is 5.35. The Balaban J connectivity index is 1.39. The fourth-order valence-corrected chi connectivity index (χ4v) is 7.85. The Morgan fingerprint density at radius 2 is 1.40 bits per heavy atom. The average molecular weight is 633 g/mol. The van der Waals surface area contributed by atoms with Gasteiger partial charge in [0.05, 0.1) is 11.5 Å². The van der Waals surface area contributed by atoms with Crippen LogP contribution in [-0.2, 0) is 30.9 Å². The number of esters is 2. The molecule has 48 heavy (non-hydrogen) atoms. The first kappa shape index (κ1) is 31.4. The molecular weight excluding hydrogens is 592 g/mol. The van der Waals surface area contributed by atoms with Gasteiger partial charge >= 0.3 is 11.9 Å². The lowest BCUT2D eigenvalue weighted by atomic mass is 9.74. The van der Waals surface area contributed by atoms with Crippen molar-refractivity contribution in [2.75, 3.05) is 6.61 Å². The summed E-state index contributed by atoms with van der Waals surface area (Å²) >= 11 is 0. The Morgan fingerprint density at radius 1 is 0.729 bits per heavy atom. The summed E-state index contributed by atoms with van der Waals surface area (Å²) in [6.45, 7) is 13.7. The van der Waals surface area contributed by atoms with E-state index in [9.17, 15) is 9.59 Å². The first-order valence-corrected chi connectivity index (χ1v) is 16.8. The third-order valence-electron chi connectivity index (χ3n) is 9.97. The molecule has 0 radical (unpaired) electrons. The summed E-state index contributed by atoms with van der Waals surface area (Å²) in [5, 5.41) is 7.58. The maximum Gasteiger partial charge on any atom is 0.330 e. The molecule has 0 saturated heterocycles. The summed E-state index contributed by atoms with van der Waals surface area (Å²) in [5.74, 6) is -0.325. The van der Waals surface area contributed by atoms with Gasteiger partial charge in [-0.3, -0.25) is 0 Å². The molecule has 0 bridgehead atoms. The van der Waals surface area contributed by atoms with Gasteiger partial charge in [0, 0.05) is 12.2 Å². The number of fused-ring (bicyclic) bond motifs is 3. The first-order valence-electron chi connectivity index (χ1n) is 16.8. The van der Waals surface area contributed by atoms with Gasteiger partial charge in [0.1, 0.15) is 6.61 Å². The molecule has 0 spiro atoms. The molecule has 0 N–H and O–H groups in total. The topological polar surface area (TPSA) is 52.6 Å². The van der Waals surface area contributed by atoms with E-state index in [-0.39, 0.29) is 12.7 Å². The average Bonchev–Trinajstić information content (AvgIpc) is 3.37. The largest absolute Gasteiger partial charge is 0.461 e. The van der Waals surface area contributed by atoms with Crippen LogP contribution in [-0.4, -0.2) is 24.6 Å². The van der Waals surface area contributed by atoms with Crippen molar-refractivity contribution in [1.29, 1.82) is 0 Å². The summed E-state index contributed by atoms with van der Waals surface area (Å²) in [4.78, 5) is 24.5. The standard InChI is InChI=1S/C44H40O4/c1-6-40(45)47-26-44(21-20-28(5)48-41(46)7-2)38-11-9-8-10-35(38)36-18-15-31(25-39(36)44)34-17-14-30-12-13-32-23-29(22-27(3)4)24-33-16-19-37(34)43(30)42(32)33/h6-19,23-25,27-28H,1-2,20-22,26H2,3-5H3. The summed E-state index contributed by atoms with van der Waals surface area (Å²) in [6, 6.07) is 33.2. The Kier molecular flexibility index (Phi) is 8.12. The molecule has 1 aliphatic carbocycles.